The highest BCUT2D eigenvalue weighted by atomic mass is 35.5. The van der Waals surface area contributed by atoms with Crippen LogP contribution in [0.1, 0.15) is 0 Å². The fourth-order valence-corrected chi connectivity index (χ4v) is 1.59. The first kappa shape index (κ1) is 11.2. The summed E-state index contributed by atoms with van der Waals surface area (Å²) in [4.78, 5) is 4.25. The summed E-state index contributed by atoms with van der Waals surface area (Å²) in [5.41, 5.74) is 0.783. The third-order valence-electron chi connectivity index (χ3n) is 2.19. The van der Waals surface area contributed by atoms with Crippen molar-refractivity contribution in [2.45, 2.75) is 0 Å². The summed E-state index contributed by atoms with van der Waals surface area (Å²) in [6, 6.07) is 9.47. The number of hydrogen-bond acceptors (Lipinski definition) is 3. The second-order valence-corrected chi connectivity index (χ2v) is 3.69. The van der Waals surface area contributed by atoms with Crippen LogP contribution in [0.3, 0.4) is 0 Å². The van der Waals surface area contributed by atoms with Gasteiger partial charge in [0.2, 0.25) is 0 Å². The first-order valence-electron chi connectivity index (χ1n) is 4.98. The van der Waals surface area contributed by atoms with Crippen LogP contribution in [0.25, 0.3) is 10.9 Å². The molecule has 2 rings (SSSR count). The lowest BCUT2D eigenvalue weighted by Crippen LogP contribution is -2.04. The van der Waals surface area contributed by atoms with Crippen molar-refractivity contribution in [3.63, 3.8) is 0 Å². The van der Waals surface area contributed by atoms with Gasteiger partial charge in [0.15, 0.2) is 0 Å². The van der Waals surface area contributed by atoms with Gasteiger partial charge >= 0.3 is 0 Å². The van der Waals surface area contributed by atoms with Crippen molar-refractivity contribution in [1.82, 2.24) is 4.98 Å². The Morgan fingerprint density at radius 2 is 2.06 bits per heavy atom. The zero-order valence-corrected chi connectivity index (χ0v) is 9.70. The largest absolute Gasteiger partial charge is 0.489 e. The van der Waals surface area contributed by atoms with Crippen molar-refractivity contribution in [3.8, 4) is 5.75 Å². The number of fused-ring (bicyclic) bond motifs is 1. The average Bonchev–Trinajstić information content (AvgIpc) is 2.30. The Morgan fingerprint density at radius 1 is 1.19 bits per heavy atom. The van der Waals surface area contributed by atoms with Gasteiger partial charge in [-0.05, 0) is 18.2 Å². The van der Waals surface area contributed by atoms with Crippen LogP contribution in [0.4, 0.5) is 0 Å². The smallest absolute Gasteiger partial charge is 0.145 e. The van der Waals surface area contributed by atoms with Gasteiger partial charge in [-0.2, -0.15) is 0 Å². The molecule has 1 aromatic carbocycles. The summed E-state index contributed by atoms with van der Waals surface area (Å²) in [6.45, 7) is 1.06. The first-order chi connectivity index (χ1) is 7.81. The molecule has 0 spiro atoms. The molecule has 4 heteroatoms. The number of hydrogen-bond donors (Lipinski definition) is 0. The minimum absolute atomic E-state index is 0.468. The van der Waals surface area contributed by atoms with Gasteiger partial charge in [-0.3, -0.25) is 0 Å². The van der Waals surface area contributed by atoms with Crippen LogP contribution in [-0.4, -0.2) is 25.3 Å². The maximum absolute atomic E-state index is 5.86. The molecule has 0 amide bonds. The Bertz CT molecular complexity index is 487. The number of nitrogens with zero attached hydrogens (tertiary/aromatic N) is 1. The summed E-state index contributed by atoms with van der Waals surface area (Å²) < 4.78 is 10.5. The number of methoxy groups -OCH3 is 1. The van der Waals surface area contributed by atoms with E-state index in [-0.39, 0.29) is 0 Å². The van der Waals surface area contributed by atoms with Crippen LogP contribution in [0.5, 0.6) is 5.75 Å². The number of para-hydroxylation sites is 1. The van der Waals surface area contributed by atoms with Crippen molar-refractivity contribution < 1.29 is 9.47 Å². The molecule has 0 N–H and O–H groups in total. The highest BCUT2D eigenvalue weighted by molar-refractivity contribution is 6.29. The maximum Gasteiger partial charge on any atom is 0.145 e. The van der Waals surface area contributed by atoms with Gasteiger partial charge in [0.05, 0.1) is 6.61 Å². The Hall–Kier alpha value is -1.32. The Kier molecular flexibility index (Phi) is 3.59. The molecule has 0 aliphatic rings. The van der Waals surface area contributed by atoms with E-state index in [4.69, 9.17) is 21.1 Å². The predicted molar refractivity (Wildman–Crippen MR) is 64.1 cm³/mol. The molecule has 0 unspecified atom stereocenters. The average molecular weight is 238 g/mol. The van der Waals surface area contributed by atoms with E-state index in [2.05, 4.69) is 4.98 Å². The second-order valence-electron chi connectivity index (χ2n) is 3.30. The van der Waals surface area contributed by atoms with E-state index in [0.29, 0.717) is 18.4 Å². The minimum atomic E-state index is 0.468. The van der Waals surface area contributed by atoms with Gasteiger partial charge in [-0.15, -0.1) is 0 Å². The van der Waals surface area contributed by atoms with E-state index in [1.807, 2.05) is 24.3 Å². The molecule has 3 nitrogen and oxygen atoms in total. The van der Waals surface area contributed by atoms with Crippen LogP contribution >= 0.6 is 11.6 Å². The van der Waals surface area contributed by atoms with Crippen LogP contribution in [-0.2, 0) is 4.74 Å². The molecule has 0 bridgehead atoms. The van der Waals surface area contributed by atoms with Gasteiger partial charge < -0.3 is 9.47 Å². The standard InChI is InChI=1S/C12H12ClNO2/c1-15-7-8-16-10-4-2-3-9-5-6-11(13)14-12(9)10/h2-6H,7-8H2,1H3. The molecule has 2 aromatic rings. The van der Waals surface area contributed by atoms with E-state index < -0.39 is 0 Å². The van der Waals surface area contributed by atoms with Crippen molar-refractivity contribution in [1.29, 1.82) is 0 Å². The first-order valence-corrected chi connectivity index (χ1v) is 5.36. The molecule has 1 aromatic heterocycles. The summed E-state index contributed by atoms with van der Waals surface area (Å²) in [7, 11) is 1.64. The molecule has 0 fully saturated rings. The van der Waals surface area contributed by atoms with Crippen LogP contribution < -0.4 is 4.74 Å². The number of pyridine rings is 1. The number of benzene rings is 1. The van der Waals surface area contributed by atoms with Crippen molar-refractivity contribution in [2.24, 2.45) is 0 Å². The van der Waals surface area contributed by atoms with E-state index in [0.717, 1.165) is 16.7 Å². The Balaban J connectivity index is 2.32. The normalized spacial score (nSPS) is 10.6. The van der Waals surface area contributed by atoms with Gasteiger partial charge in [-0.1, -0.05) is 23.7 Å². The fraction of sp³-hybridized carbons (Fsp3) is 0.250. The lowest BCUT2D eigenvalue weighted by Gasteiger charge is -2.08. The summed E-state index contributed by atoms with van der Waals surface area (Å²) in [6.07, 6.45) is 0. The second kappa shape index (κ2) is 5.14. The third kappa shape index (κ3) is 2.43. The zero-order valence-electron chi connectivity index (χ0n) is 8.94. The number of ether oxygens (including phenoxy) is 2. The van der Waals surface area contributed by atoms with Gasteiger partial charge in [0, 0.05) is 12.5 Å². The van der Waals surface area contributed by atoms with Gasteiger partial charge in [-0.25, -0.2) is 4.98 Å². The highest BCUT2D eigenvalue weighted by Crippen LogP contribution is 2.25. The molecule has 0 saturated carbocycles. The quantitative estimate of drug-likeness (QED) is 0.605. The lowest BCUT2D eigenvalue weighted by atomic mass is 10.2. The van der Waals surface area contributed by atoms with Crippen LogP contribution in [0.15, 0.2) is 30.3 Å². The van der Waals surface area contributed by atoms with Crippen molar-refractivity contribution in [3.05, 3.63) is 35.5 Å². The third-order valence-corrected chi connectivity index (χ3v) is 2.40. The Labute approximate surface area is 99.0 Å². The monoisotopic (exact) mass is 237 g/mol. The Morgan fingerprint density at radius 3 is 2.88 bits per heavy atom. The topological polar surface area (TPSA) is 31.4 Å². The molecule has 0 aliphatic heterocycles. The summed E-state index contributed by atoms with van der Waals surface area (Å²) in [5, 5.41) is 1.48. The van der Waals surface area contributed by atoms with E-state index in [9.17, 15) is 0 Å². The maximum atomic E-state index is 5.86. The zero-order chi connectivity index (χ0) is 11.4. The van der Waals surface area contributed by atoms with Crippen molar-refractivity contribution in [2.75, 3.05) is 20.3 Å². The molecule has 0 saturated heterocycles. The molecular formula is C12H12ClNO2. The SMILES string of the molecule is COCCOc1cccc2ccc(Cl)nc12. The van der Waals surface area contributed by atoms with E-state index in [1.165, 1.54) is 0 Å². The fourth-order valence-electron chi connectivity index (χ4n) is 1.45. The predicted octanol–water partition coefficient (Wildman–Crippen LogP) is 2.91. The minimum Gasteiger partial charge on any atom is -0.489 e. The number of halogens is 1. The molecule has 0 aliphatic carbocycles. The lowest BCUT2D eigenvalue weighted by molar-refractivity contribution is 0.147. The van der Waals surface area contributed by atoms with Gasteiger partial charge in [0.25, 0.3) is 0 Å². The molecule has 0 atom stereocenters. The van der Waals surface area contributed by atoms with Crippen LogP contribution in [0.2, 0.25) is 5.15 Å². The van der Waals surface area contributed by atoms with Crippen LogP contribution in [0, 0.1) is 0 Å². The highest BCUT2D eigenvalue weighted by Gasteiger charge is 2.03. The molecule has 84 valence electrons. The summed E-state index contributed by atoms with van der Waals surface area (Å²) in [5.74, 6) is 0.733. The number of rotatable bonds is 4. The van der Waals surface area contributed by atoms with E-state index >= 15 is 0 Å². The van der Waals surface area contributed by atoms with Crippen molar-refractivity contribution >= 4 is 22.5 Å². The van der Waals surface area contributed by atoms with E-state index in [1.54, 1.807) is 13.2 Å². The summed E-state index contributed by atoms with van der Waals surface area (Å²) >= 11 is 5.86. The molecule has 0 radical (unpaired) electrons. The molecule has 1 heterocycles. The van der Waals surface area contributed by atoms with Gasteiger partial charge in [0.1, 0.15) is 23.0 Å². The number of aromatic nitrogens is 1. The molecular weight excluding hydrogens is 226 g/mol. The molecule has 16 heavy (non-hydrogen) atoms.